The molecule has 0 aliphatic carbocycles. The SMILES string of the molecule is C=CC(Oc1ccc(F)c(C(F)(F)F)c1)C(=O)O. The standard InChI is InChI=1S/C11H8F4O3/c1-2-9(10(16)17)18-6-3-4-8(12)7(5-6)11(13,14)15/h2-5,9H,1H2,(H,16,17). The number of rotatable bonds is 4. The number of hydrogen-bond acceptors (Lipinski definition) is 2. The van der Waals surface area contributed by atoms with Crippen LogP contribution in [0.15, 0.2) is 30.9 Å². The van der Waals surface area contributed by atoms with Crippen LogP contribution >= 0.6 is 0 Å². The van der Waals surface area contributed by atoms with Crippen molar-refractivity contribution in [1.29, 1.82) is 0 Å². The molecule has 1 unspecified atom stereocenters. The lowest BCUT2D eigenvalue weighted by Gasteiger charge is -2.13. The van der Waals surface area contributed by atoms with E-state index in [0.717, 1.165) is 12.1 Å². The fourth-order valence-corrected chi connectivity index (χ4v) is 1.14. The van der Waals surface area contributed by atoms with E-state index >= 15 is 0 Å². The van der Waals surface area contributed by atoms with Gasteiger partial charge in [-0.3, -0.25) is 0 Å². The monoisotopic (exact) mass is 264 g/mol. The van der Waals surface area contributed by atoms with Crippen LogP contribution in [0.2, 0.25) is 0 Å². The number of ether oxygens (including phenoxy) is 1. The van der Waals surface area contributed by atoms with Crippen molar-refractivity contribution in [3.05, 3.63) is 42.2 Å². The molecule has 98 valence electrons. The van der Waals surface area contributed by atoms with Gasteiger partial charge in [-0.15, -0.1) is 0 Å². The predicted molar refractivity (Wildman–Crippen MR) is 53.7 cm³/mol. The highest BCUT2D eigenvalue weighted by Crippen LogP contribution is 2.33. The Hall–Kier alpha value is -2.05. The summed E-state index contributed by atoms with van der Waals surface area (Å²) in [7, 11) is 0. The molecule has 1 atom stereocenters. The largest absolute Gasteiger partial charge is 0.478 e. The first-order valence-electron chi connectivity index (χ1n) is 4.64. The Morgan fingerprint density at radius 2 is 2.06 bits per heavy atom. The Labute approximate surface area is 99.3 Å². The Morgan fingerprint density at radius 3 is 2.50 bits per heavy atom. The lowest BCUT2D eigenvalue weighted by molar-refractivity contribution is -0.142. The van der Waals surface area contributed by atoms with E-state index in [4.69, 9.17) is 9.84 Å². The smallest absolute Gasteiger partial charge is 0.419 e. The van der Waals surface area contributed by atoms with Crippen LogP contribution in [0.25, 0.3) is 0 Å². The maximum absolute atomic E-state index is 12.9. The maximum atomic E-state index is 12.9. The molecule has 0 spiro atoms. The number of benzene rings is 1. The highest BCUT2D eigenvalue weighted by atomic mass is 19.4. The van der Waals surface area contributed by atoms with Gasteiger partial charge in [0.05, 0.1) is 5.56 Å². The number of carbonyl (C=O) groups is 1. The van der Waals surface area contributed by atoms with E-state index in [1.54, 1.807) is 0 Å². The Kier molecular flexibility index (Phi) is 3.95. The molecule has 0 heterocycles. The van der Waals surface area contributed by atoms with E-state index in [1.807, 2.05) is 0 Å². The van der Waals surface area contributed by atoms with Crippen LogP contribution in [0.5, 0.6) is 5.75 Å². The molecule has 1 rings (SSSR count). The van der Waals surface area contributed by atoms with Crippen LogP contribution in [0.1, 0.15) is 5.56 Å². The van der Waals surface area contributed by atoms with Gasteiger partial charge in [-0.1, -0.05) is 6.58 Å². The van der Waals surface area contributed by atoms with Crippen molar-refractivity contribution in [2.45, 2.75) is 12.3 Å². The molecular formula is C11H8F4O3. The van der Waals surface area contributed by atoms with Crippen molar-refractivity contribution in [3.63, 3.8) is 0 Å². The van der Waals surface area contributed by atoms with Crippen molar-refractivity contribution >= 4 is 5.97 Å². The van der Waals surface area contributed by atoms with Crippen LogP contribution in [0.4, 0.5) is 17.6 Å². The molecule has 0 aliphatic heterocycles. The van der Waals surface area contributed by atoms with Gasteiger partial charge in [-0.05, 0) is 24.3 Å². The number of halogens is 4. The van der Waals surface area contributed by atoms with E-state index in [-0.39, 0.29) is 0 Å². The molecule has 1 N–H and O–H groups in total. The van der Waals surface area contributed by atoms with Gasteiger partial charge >= 0.3 is 12.1 Å². The zero-order valence-corrected chi connectivity index (χ0v) is 8.87. The van der Waals surface area contributed by atoms with Crippen LogP contribution < -0.4 is 4.74 Å². The summed E-state index contributed by atoms with van der Waals surface area (Å²) in [5.41, 5.74) is -1.52. The average Bonchev–Trinajstić information content (AvgIpc) is 2.25. The van der Waals surface area contributed by atoms with Crippen LogP contribution in [-0.2, 0) is 11.0 Å². The number of hydrogen-bond donors (Lipinski definition) is 1. The van der Waals surface area contributed by atoms with E-state index < -0.39 is 35.4 Å². The number of carboxylic acids is 1. The molecule has 0 saturated carbocycles. The summed E-state index contributed by atoms with van der Waals surface area (Å²) in [6, 6.07) is 1.86. The minimum absolute atomic E-state index is 0.398. The first-order chi connectivity index (χ1) is 8.25. The highest BCUT2D eigenvalue weighted by molar-refractivity contribution is 5.74. The average molecular weight is 264 g/mol. The summed E-state index contributed by atoms with van der Waals surface area (Å²) >= 11 is 0. The second-order valence-electron chi connectivity index (χ2n) is 3.25. The summed E-state index contributed by atoms with van der Waals surface area (Å²) in [6.45, 7) is 3.17. The van der Waals surface area contributed by atoms with Crippen molar-refractivity contribution < 1.29 is 32.2 Å². The van der Waals surface area contributed by atoms with E-state index in [2.05, 4.69) is 6.58 Å². The molecular weight excluding hydrogens is 256 g/mol. The lowest BCUT2D eigenvalue weighted by Crippen LogP contribution is -2.24. The third-order valence-electron chi connectivity index (χ3n) is 1.96. The predicted octanol–water partition coefficient (Wildman–Crippen LogP) is 2.86. The van der Waals surface area contributed by atoms with Gasteiger partial charge in [-0.2, -0.15) is 13.2 Å². The molecule has 0 radical (unpaired) electrons. The van der Waals surface area contributed by atoms with Crippen LogP contribution in [0.3, 0.4) is 0 Å². The Bertz CT molecular complexity index is 468. The molecule has 0 bridgehead atoms. The summed E-state index contributed by atoms with van der Waals surface area (Å²) in [4.78, 5) is 10.6. The number of carboxylic acid groups (broad SMARTS) is 1. The lowest BCUT2D eigenvalue weighted by atomic mass is 10.2. The normalized spacial score (nSPS) is 12.9. The zero-order valence-electron chi connectivity index (χ0n) is 8.87. The summed E-state index contributed by atoms with van der Waals surface area (Å²) in [5.74, 6) is -3.28. The topological polar surface area (TPSA) is 46.5 Å². The molecule has 18 heavy (non-hydrogen) atoms. The van der Waals surface area contributed by atoms with E-state index in [9.17, 15) is 22.4 Å². The molecule has 0 amide bonds. The molecule has 1 aromatic carbocycles. The van der Waals surface area contributed by atoms with Gasteiger partial charge < -0.3 is 9.84 Å². The highest BCUT2D eigenvalue weighted by Gasteiger charge is 2.34. The van der Waals surface area contributed by atoms with Crippen LogP contribution in [-0.4, -0.2) is 17.2 Å². The third-order valence-corrected chi connectivity index (χ3v) is 1.96. The molecule has 7 heteroatoms. The molecule has 0 fully saturated rings. The summed E-state index contributed by atoms with van der Waals surface area (Å²) in [6.07, 6.45) is -5.48. The van der Waals surface area contributed by atoms with Crippen molar-refractivity contribution in [2.24, 2.45) is 0 Å². The van der Waals surface area contributed by atoms with Gasteiger partial charge in [-0.25, -0.2) is 9.18 Å². The minimum Gasteiger partial charge on any atom is -0.478 e. The van der Waals surface area contributed by atoms with Gasteiger partial charge in [0.25, 0.3) is 0 Å². The summed E-state index contributed by atoms with van der Waals surface area (Å²) in [5, 5.41) is 8.63. The van der Waals surface area contributed by atoms with Gasteiger partial charge in [0.15, 0.2) is 0 Å². The van der Waals surface area contributed by atoms with Crippen LogP contribution in [0, 0.1) is 5.82 Å². The fraction of sp³-hybridized carbons (Fsp3) is 0.182. The van der Waals surface area contributed by atoms with Gasteiger partial charge in [0.1, 0.15) is 11.6 Å². The Morgan fingerprint density at radius 1 is 1.44 bits per heavy atom. The van der Waals surface area contributed by atoms with E-state index in [0.29, 0.717) is 12.1 Å². The second kappa shape index (κ2) is 5.07. The molecule has 0 aliphatic rings. The summed E-state index contributed by atoms with van der Waals surface area (Å²) < 4.78 is 54.8. The molecule has 1 aromatic rings. The zero-order chi connectivity index (χ0) is 13.9. The fourth-order valence-electron chi connectivity index (χ4n) is 1.14. The van der Waals surface area contributed by atoms with Crippen molar-refractivity contribution in [3.8, 4) is 5.75 Å². The molecule has 0 saturated heterocycles. The molecule has 0 aromatic heterocycles. The van der Waals surface area contributed by atoms with Crippen molar-refractivity contribution in [1.82, 2.24) is 0 Å². The quantitative estimate of drug-likeness (QED) is 0.672. The Balaban J connectivity index is 3.06. The second-order valence-corrected chi connectivity index (χ2v) is 3.25. The molecule has 3 nitrogen and oxygen atoms in total. The first-order valence-corrected chi connectivity index (χ1v) is 4.64. The van der Waals surface area contributed by atoms with Gasteiger partial charge in [0, 0.05) is 0 Å². The first kappa shape index (κ1) is 14.0. The van der Waals surface area contributed by atoms with E-state index in [1.165, 1.54) is 0 Å². The third kappa shape index (κ3) is 3.22. The maximum Gasteiger partial charge on any atom is 0.419 e. The number of alkyl halides is 3. The van der Waals surface area contributed by atoms with Crippen molar-refractivity contribution in [2.75, 3.05) is 0 Å². The number of aliphatic carboxylic acids is 1. The minimum atomic E-state index is -4.88. The van der Waals surface area contributed by atoms with Gasteiger partial charge in [0.2, 0.25) is 6.10 Å².